The van der Waals surface area contributed by atoms with Gasteiger partial charge in [-0.2, -0.15) is 0 Å². The summed E-state index contributed by atoms with van der Waals surface area (Å²) in [7, 11) is 5.83. The Hall–Kier alpha value is -1.59. The normalized spacial score (nSPS) is 18.7. The number of hydrogen-bond donors (Lipinski definition) is 1. The Labute approximate surface area is 139 Å². The van der Waals surface area contributed by atoms with E-state index >= 15 is 0 Å². The topological polar surface area (TPSA) is 44.8 Å². The van der Waals surface area contributed by atoms with Gasteiger partial charge in [-0.25, -0.2) is 4.79 Å². The molecule has 0 bridgehead atoms. The van der Waals surface area contributed by atoms with Crippen molar-refractivity contribution in [2.45, 2.75) is 38.0 Å². The van der Waals surface area contributed by atoms with Crippen LogP contribution in [0.1, 0.15) is 31.4 Å². The third kappa shape index (κ3) is 4.69. The molecular formula is C18H29N3O2. The van der Waals surface area contributed by atoms with E-state index in [9.17, 15) is 4.79 Å². The zero-order valence-corrected chi connectivity index (χ0v) is 14.7. The van der Waals surface area contributed by atoms with Gasteiger partial charge in [-0.1, -0.05) is 30.3 Å². The molecule has 5 heteroatoms. The Morgan fingerprint density at radius 1 is 1.26 bits per heavy atom. The van der Waals surface area contributed by atoms with Crippen LogP contribution in [0.4, 0.5) is 4.79 Å². The number of likely N-dealkylation sites (tertiary alicyclic amines) is 1. The number of urea groups is 1. The molecule has 2 atom stereocenters. The molecule has 1 aliphatic rings. The first-order valence-electron chi connectivity index (χ1n) is 8.32. The summed E-state index contributed by atoms with van der Waals surface area (Å²) >= 11 is 0. The monoisotopic (exact) mass is 319 g/mol. The smallest absolute Gasteiger partial charge is 0.317 e. The summed E-state index contributed by atoms with van der Waals surface area (Å²) in [5, 5.41) is 3.17. The van der Waals surface area contributed by atoms with Gasteiger partial charge in [-0.3, -0.25) is 0 Å². The maximum atomic E-state index is 12.5. The van der Waals surface area contributed by atoms with Gasteiger partial charge in [0, 0.05) is 26.2 Å². The first-order chi connectivity index (χ1) is 11.0. The molecule has 1 N–H and O–H groups in total. The second-order valence-electron chi connectivity index (χ2n) is 6.48. The number of nitrogens with one attached hydrogen (secondary N) is 1. The summed E-state index contributed by atoms with van der Waals surface area (Å²) in [6.07, 6.45) is 2.11. The largest absolute Gasteiger partial charge is 0.381 e. The molecule has 0 spiro atoms. The molecular weight excluding hydrogens is 290 g/mol. The molecule has 0 saturated carbocycles. The maximum Gasteiger partial charge on any atom is 0.317 e. The fourth-order valence-corrected chi connectivity index (χ4v) is 3.34. The van der Waals surface area contributed by atoms with Crippen LogP contribution in [0.15, 0.2) is 30.3 Å². The van der Waals surface area contributed by atoms with Crippen LogP contribution in [0, 0.1) is 0 Å². The van der Waals surface area contributed by atoms with Crippen molar-refractivity contribution in [2.75, 3.05) is 34.3 Å². The van der Waals surface area contributed by atoms with E-state index in [1.165, 1.54) is 5.56 Å². The number of rotatable bonds is 5. The minimum absolute atomic E-state index is 0.0230. The molecule has 5 nitrogen and oxygen atoms in total. The molecule has 0 aromatic heterocycles. The molecule has 0 aliphatic carbocycles. The summed E-state index contributed by atoms with van der Waals surface area (Å²) in [4.78, 5) is 16.6. The number of amides is 2. The summed E-state index contributed by atoms with van der Waals surface area (Å²) in [5.41, 5.74) is 1.21. The molecule has 1 heterocycles. The van der Waals surface area contributed by atoms with Gasteiger partial charge in [0.2, 0.25) is 0 Å². The fourth-order valence-electron chi connectivity index (χ4n) is 3.34. The fraction of sp³-hybridized carbons (Fsp3) is 0.611. The first-order valence-corrected chi connectivity index (χ1v) is 8.32. The predicted molar refractivity (Wildman–Crippen MR) is 92.5 cm³/mol. The Balaban J connectivity index is 1.96. The average Bonchev–Trinajstić information content (AvgIpc) is 2.55. The van der Waals surface area contributed by atoms with Crippen LogP contribution in [0.2, 0.25) is 0 Å². The van der Waals surface area contributed by atoms with Crippen LogP contribution >= 0.6 is 0 Å². The van der Waals surface area contributed by atoms with Crippen molar-refractivity contribution in [1.29, 1.82) is 0 Å². The minimum atomic E-state index is 0.0230. The van der Waals surface area contributed by atoms with Crippen molar-refractivity contribution in [3.05, 3.63) is 35.9 Å². The van der Waals surface area contributed by atoms with E-state index in [0.29, 0.717) is 0 Å². The standard InChI is InChI=1S/C18H29N3O2/c1-14(17(20(2)3)15-8-6-5-7-9-15)19-18(22)21-12-10-16(23-4)11-13-21/h5-9,14,16-17H,10-13H2,1-4H3,(H,19,22)/t14-,17-/m1/s1. The summed E-state index contributed by atoms with van der Waals surface area (Å²) in [6.45, 7) is 3.58. The van der Waals surface area contributed by atoms with Crippen molar-refractivity contribution in [3.63, 3.8) is 0 Å². The Morgan fingerprint density at radius 3 is 2.39 bits per heavy atom. The number of ether oxygens (including phenoxy) is 1. The zero-order valence-electron chi connectivity index (χ0n) is 14.7. The van der Waals surface area contributed by atoms with Crippen molar-refractivity contribution in [3.8, 4) is 0 Å². The molecule has 1 fully saturated rings. The van der Waals surface area contributed by atoms with Gasteiger partial charge in [-0.05, 0) is 39.4 Å². The van der Waals surface area contributed by atoms with Crippen LogP contribution in [0.25, 0.3) is 0 Å². The molecule has 1 saturated heterocycles. The highest BCUT2D eigenvalue weighted by molar-refractivity contribution is 5.74. The summed E-state index contributed by atoms with van der Waals surface area (Å²) < 4.78 is 5.36. The van der Waals surface area contributed by atoms with Crippen molar-refractivity contribution in [1.82, 2.24) is 15.1 Å². The van der Waals surface area contributed by atoms with Gasteiger partial charge in [0.25, 0.3) is 0 Å². The number of carbonyl (C=O) groups is 1. The van der Waals surface area contributed by atoms with E-state index in [1.807, 2.05) is 37.2 Å². The summed E-state index contributed by atoms with van der Waals surface area (Å²) in [5.74, 6) is 0. The highest BCUT2D eigenvalue weighted by atomic mass is 16.5. The number of carbonyl (C=O) groups excluding carboxylic acids is 1. The molecule has 2 rings (SSSR count). The molecule has 128 valence electrons. The quantitative estimate of drug-likeness (QED) is 0.907. The lowest BCUT2D eigenvalue weighted by atomic mass is 9.99. The van der Waals surface area contributed by atoms with Crippen LogP contribution < -0.4 is 5.32 Å². The number of methoxy groups -OCH3 is 1. The molecule has 1 aromatic carbocycles. The lowest BCUT2D eigenvalue weighted by Gasteiger charge is -2.35. The number of likely N-dealkylation sites (N-methyl/N-ethyl adjacent to an activating group) is 1. The van der Waals surface area contributed by atoms with Crippen molar-refractivity contribution in [2.24, 2.45) is 0 Å². The Kier molecular flexibility index (Phi) is 6.42. The van der Waals surface area contributed by atoms with Crippen molar-refractivity contribution >= 4 is 6.03 Å². The van der Waals surface area contributed by atoms with E-state index in [-0.39, 0.29) is 24.2 Å². The van der Waals surface area contributed by atoms with Crippen LogP contribution in [-0.2, 0) is 4.74 Å². The molecule has 1 aliphatic heterocycles. The van der Waals surface area contributed by atoms with E-state index in [4.69, 9.17) is 4.74 Å². The van der Waals surface area contributed by atoms with Crippen LogP contribution in [-0.4, -0.2) is 62.3 Å². The van der Waals surface area contributed by atoms with Gasteiger partial charge in [0.05, 0.1) is 12.1 Å². The SMILES string of the molecule is COC1CCN(C(=O)N[C@H](C)[C@H](c2ccccc2)N(C)C)CC1. The maximum absolute atomic E-state index is 12.5. The van der Waals surface area contributed by atoms with E-state index < -0.39 is 0 Å². The number of piperidine rings is 1. The molecule has 0 radical (unpaired) electrons. The lowest BCUT2D eigenvalue weighted by Crippen LogP contribution is -2.50. The molecule has 1 aromatic rings. The Morgan fingerprint density at radius 2 is 1.87 bits per heavy atom. The summed E-state index contributed by atoms with van der Waals surface area (Å²) in [6, 6.07) is 10.5. The average molecular weight is 319 g/mol. The predicted octanol–water partition coefficient (Wildman–Crippen LogP) is 2.50. The first kappa shape index (κ1) is 17.8. The van der Waals surface area contributed by atoms with Crippen LogP contribution in [0.5, 0.6) is 0 Å². The highest BCUT2D eigenvalue weighted by Crippen LogP contribution is 2.22. The number of benzene rings is 1. The second-order valence-corrected chi connectivity index (χ2v) is 6.48. The zero-order chi connectivity index (χ0) is 16.8. The van der Waals surface area contributed by atoms with Gasteiger partial charge in [0.1, 0.15) is 0 Å². The molecule has 23 heavy (non-hydrogen) atoms. The van der Waals surface area contributed by atoms with Gasteiger partial charge in [-0.15, -0.1) is 0 Å². The van der Waals surface area contributed by atoms with Gasteiger partial charge in [0.15, 0.2) is 0 Å². The minimum Gasteiger partial charge on any atom is -0.381 e. The van der Waals surface area contributed by atoms with E-state index in [0.717, 1.165) is 25.9 Å². The van der Waals surface area contributed by atoms with Crippen LogP contribution in [0.3, 0.4) is 0 Å². The Bertz CT molecular complexity index is 484. The number of nitrogens with zero attached hydrogens (tertiary/aromatic N) is 2. The third-order valence-corrected chi connectivity index (χ3v) is 4.58. The van der Waals surface area contributed by atoms with Crippen molar-refractivity contribution < 1.29 is 9.53 Å². The number of hydrogen-bond acceptors (Lipinski definition) is 3. The van der Waals surface area contributed by atoms with Gasteiger partial charge < -0.3 is 19.9 Å². The lowest BCUT2D eigenvalue weighted by molar-refractivity contribution is 0.0496. The second kappa shape index (κ2) is 8.31. The molecule has 0 unspecified atom stereocenters. The van der Waals surface area contributed by atoms with E-state index in [1.54, 1.807) is 7.11 Å². The van der Waals surface area contributed by atoms with E-state index in [2.05, 4.69) is 29.3 Å². The highest BCUT2D eigenvalue weighted by Gasteiger charge is 2.27. The molecule has 2 amide bonds. The van der Waals surface area contributed by atoms with Gasteiger partial charge >= 0.3 is 6.03 Å². The third-order valence-electron chi connectivity index (χ3n) is 4.58.